The lowest BCUT2D eigenvalue weighted by Crippen LogP contribution is -2.35. The van der Waals surface area contributed by atoms with Crippen molar-refractivity contribution in [2.45, 2.75) is 31.2 Å². The molecular formula is C17H24N4OS. The van der Waals surface area contributed by atoms with Crippen molar-refractivity contribution in [3.8, 4) is 11.4 Å². The number of hydrogen-bond acceptors (Lipinski definition) is 4. The smallest absolute Gasteiger partial charge is 0.235 e. The third-order valence-corrected chi connectivity index (χ3v) is 5.23. The van der Waals surface area contributed by atoms with E-state index in [-0.39, 0.29) is 17.1 Å². The Bertz CT molecular complexity index is 676. The summed E-state index contributed by atoms with van der Waals surface area (Å²) in [7, 11) is 5.51. The molecule has 5 nitrogen and oxygen atoms in total. The van der Waals surface area contributed by atoms with Gasteiger partial charge in [-0.15, -0.1) is 10.2 Å². The van der Waals surface area contributed by atoms with E-state index >= 15 is 0 Å². The Morgan fingerprint density at radius 1 is 1.17 bits per heavy atom. The zero-order valence-electron chi connectivity index (χ0n) is 14.6. The van der Waals surface area contributed by atoms with Crippen molar-refractivity contribution in [3.05, 3.63) is 29.8 Å². The number of aromatic nitrogens is 3. The van der Waals surface area contributed by atoms with Gasteiger partial charge in [0.25, 0.3) is 0 Å². The summed E-state index contributed by atoms with van der Waals surface area (Å²) in [5.41, 5.74) is 2.24. The van der Waals surface area contributed by atoms with Gasteiger partial charge in [0.05, 0.1) is 5.25 Å². The summed E-state index contributed by atoms with van der Waals surface area (Å²) in [4.78, 5) is 14.0. The van der Waals surface area contributed by atoms with Gasteiger partial charge in [-0.3, -0.25) is 4.79 Å². The first-order valence-corrected chi connectivity index (χ1v) is 8.53. The molecule has 124 valence electrons. The molecule has 0 aliphatic rings. The molecule has 1 amide bonds. The second-order valence-electron chi connectivity index (χ2n) is 6.25. The quantitative estimate of drug-likeness (QED) is 0.790. The maximum Gasteiger partial charge on any atom is 0.235 e. The van der Waals surface area contributed by atoms with Gasteiger partial charge >= 0.3 is 0 Å². The standard InChI is InChI=1S/C17H24N4OS/c1-11(2)14(16(22)20(4)5)23-17-19-18-15(21(17)6)13-9-7-12(3)8-10-13/h7-11,14H,1-6H3/t14-/m1/s1. The van der Waals surface area contributed by atoms with Gasteiger partial charge in [0.15, 0.2) is 11.0 Å². The highest BCUT2D eigenvalue weighted by Crippen LogP contribution is 2.30. The van der Waals surface area contributed by atoms with E-state index in [4.69, 9.17) is 0 Å². The summed E-state index contributed by atoms with van der Waals surface area (Å²) in [6.45, 7) is 6.16. The van der Waals surface area contributed by atoms with Gasteiger partial charge in [0, 0.05) is 26.7 Å². The highest BCUT2D eigenvalue weighted by Gasteiger charge is 2.27. The van der Waals surface area contributed by atoms with Crippen LogP contribution >= 0.6 is 11.8 Å². The molecule has 0 spiro atoms. The third-order valence-electron chi connectivity index (χ3n) is 3.67. The Hall–Kier alpha value is -1.82. The lowest BCUT2D eigenvalue weighted by molar-refractivity contribution is -0.128. The molecule has 1 aromatic heterocycles. The van der Waals surface area contributed by atoms with Crippen LogP contribution in [0, 0.1) is 12.8 Å². The molecule has 0 unspecified atom stereocenters. The van der Waals surface area contributed by atoms with Crippen molar-refractivity contribution in [1.29, 1.82) is 0 Å². The molecule has 2 rings (SSSR count). The molecule has 0 aliphatic carbocycles. The molecule has 0 radical (unpaired) electrons. The van der Waals surface area contributed by atoms with Gasteiger partial charge in [-0.1, -0.05) is 55.4 Å². The van der Waals surface area contributed by atoms with Crippen LogP contribution < -0.4 is 0 Å². The summed E-state index contributed by atoms with van der Waals surface area (Å²) in [6.07, 6.45) is 0. The fraction of sp³-hybridized carbons (Fsp3) is 0.471. The third kappa shape index (κ3) is 3.93. The van der Waals surface area contributed by atoms with E-state index in [0.29, 0.717) is 0 Å². The number of carbonyl (C=O) groups is 1. The summed E-state index contributed by atoms with van der Waals surface area (Å²) in [6, 6.07) is 8.20. The number of amides is 1. The Morgan fingerprint density at radius 3 is 2.30 bits per heavy atom. The number of benzene rings is 1. The van der Waals surface area contributed by atoms with Crippen molar-refractivity contribution in [1.82, 2.24) is 19.7 Å². The van der Waals surface area contributed by atoms with Gasteiger partial charge < -0.3 is 9.47 Å². The summed E-state index contributed by atoms with van der Waals surface area (Å²) in [5.74, 6) is 1.13. The number of nitrogens with zero attached hydrogens (tertiary/aromatic N) is 4. The van der Waals surface area contributed by atoms with Crippen molar-refractivity contribution in [2.24, 2.45) is 13.0 Å². The first kappa shape index (κ1) is 17.5. The fourth-order valence-corrected chi connectivity index (χ4v) is 3.35. The summed E-state index contributed by atoms with van der Waals surface area (Å²) in [5, 5.41) is 9.17. The predicted octanol–water partition coefficient (Wildman–Crippen LogP) is 3.00. The average molecular weight is 332 g/mol. The van der Waals surface area contributed by atoms with Crippen LogP contribution in [0.2, 0.25) is 0 Å². The Labute approximate surface area is 142 Å². The van der Waals surface area contributed by atoms with E-state index in [2.05, 4.69) is 43.1 Å². The Kier molecular flexibility index (Phi) is 5.46. The van der Waals surface area contributed by atoms with Crippen LogP contribution in [0.1, 0.15) is 19.4 Å². The number of rotatable bonds is 5. The largest absolute Gasteiger partial charge is 0.348 e. The first-order chi connectivity index (χ1) is 10.8. The molecule has 0 saturated heterocycles. The van der Waals surface area contributed by atoms with Crippen molar-refractivity contribution in [2.75, 3.05) is 14.1 Å². The van der Waals surface area contributed by atoms with Gasteiger partial charge in [-0.2, -0.15) is 0 Å². The predicted molar refractivity (Wildman–Crippen MR) is 94.4 cm³/mol. The van der Waals surface area contributed by atoms with Crippen LogP contribution in [-0.2, 0) is 11.8 Å². The molecule has 0 saturated carbocycles. The SMILES string of the molecule is Cc1ccc(-c2nnc(S[C@@H](C(=O)N(C)C)C(C)C)n2C)cc1. The monoisotopic (exact) mass is 332 g/mol. The molecule has 1 aromatic carbocycles. The highest BCUT2D eigenvalue weighted by molar-refractivity contribution is 8.00. The maximum absolute atomic E-state index is 12.4. The lowest BCUT2D eigenvalue weighted by atomic mass is 10.1. The van der Waals surface area contributed by atoms with E-state index in [1.54, 1.807) is 19.0 Å². The number of thioether (sulfide) groups is 1. The zero-order chi connectivity index (χ0) is 17.1. The van der Waals surface area contributed by atoms with E-state index in [1.165, 1.54) is 17.3 Å². The molecule has 1 heterocycles. The van der Waals surface area contributed by atoms with E-state index in [0.717, 1.165) is 16.5 Å². The van der Waals surface area contributed by atoms with Crippen LogP contribution in [0.25, 0.3) is 11.4 Å². The van der Waals surface area contributed by atoms with E-state index < -0.39 is 0 Å². The minimum Gasteiger partial charge on any atom is -0.348 e. The summed E-state index contributed by atoms with van der Waals surface area (Å²) < 4.78 is 1.95. The number of aryl methyl sites for hydroxylation is 1. The van der Waals surface area contributed by atoms with Crippen LogP contribution in [0.15, 0.2) is 29.4 Å². The van der Waals surface area contributed by atoms with Crippen molar-refractivity contribution >= 4 is 17.7 Å². The van der Waals surface area contributed by atoms with Crippen molar-refractivity contribution < 1.29 is 4.79 Å². The zero-order valence-corrected chi connectivity index (χ0v) is 15.4. The molecular weight excluding hydrogens is 308 g/mol. The van der Waals surface area contributed by atoms with Crippen molar-refractivity contribution in [3.63, 3.8) is 0 Å². The van der Waals surface area contributed by atoms with Crippen LogP contribution in [0.3, 0.4) is 0 Å². The molecule has 0 N–H and O–H groups in total. The molecule has 0 aliphatic heterocycles. The maximum atomic E-state index is 12.4. The molecule has 6 heteroatoms. The minimum absolute atomic E-state index is 0.102. The number of carbonyl (C=O) groups excluding carboxylic acids is 1. The molecule has 1 atom stereocenters. The van der Waals surface area contributed by atoms with E-state index in [9.17, 15) is 4.79 Å². The first-order valence-electron chi connectivity index (χ1n) is 7.65. The second kappa shape index (κ2) is 7.17. The van der Waals surface area contributed by atoms with Crippen LogP contribution in [-0.4, -0.2) is 44.9 Å². The van der Waals surface area contributed by atoms with Gasteiger partial charge in [-0.25, -0.2) is 0 Å². The second-order valence-corrected chi connectivity index (χ2v) is 7.36. The highest BCUT2D eigenvalue weighted by atomic mass is 32.2. The fourth-order valence-electron chi connectivity index (χ4n) is 2.21. The average Bonchev–Trinajstić information content (AvgIpc) is 2.85. The van der Waals surface area contributed by atoms with E-state index in [1.807, 2.05) is 23.7 Å². The summed E-state index contributed by atoms with van der Waals surface area (Å²) >= 11 is 1.48. The molecule has 0 bridgehead atoms. The Balaban J connectivity index is 2.27. The normalized spacial score (nSPS) is 12.5. The van der Waals surface area contributed by atoms with Gasteiger partial charge in [-0.05, 0) is 12.8 Å². The molecule has 0 fully saturated rings. The Morgan fingerprint density at radius 2 is 1.78 bits per heavy atom. The van der Waals surface area contributed by atoms with Gasteiger partial charge in [0.2, 0.25) is 5.91 Å². The molecule has 23 heavy (non-hydrogen) atoms. The van der Waals surface area contributed by atoms with Crippen LogP contribution in [0.5, 0.6) is 0 Å². The number of hydrogen-bond donors (Lipinski definition) is 0. The van der Waals surface area contributed by atoms with Crippen LogP contribution in [0.4, 0.5) is 0 Å². The topological polar surface area (TPSA) is 51.0 Å². The lowest BCUT2D eigenvalue weighted by Gasteiger charge is -2.22. The molecule has 2 aromatic rings. The minimum atomic E-state index is -0.168. The van der Waals surface area contributed by atoms with Gasteiger partial charge in [0.1, 0.15) is 0 Å².